The van der Waals surface area contributed by atoms with E-state index in [2.05, 4.69) is 15.3 Å². The van der Waals surface area contributed by atoms with Crippen molar-refractivity contribution < 1.29 is 18.0 Å². The number of carbonyl (C=O) groups is 1. The maximum atomic E-state index is 13.7. The van der Waals surface area contributed by atoms with Crippen molar-refractivity contribution in [2.75, 3.05) is 0 Å². The number of benzene rings is 1. The number of halogens is 2. The summed E-state index contributed by atoms with van der Waals surface area (Å²) in [6.07, 6.45) is 3.47. The predicted molar refractivity (Wildman–Crippen MR) is 86.3 cm³/mol. The lowest BCUT2D eigenvalue weighted by Gasteiger charge is -2.03. The van der Waals surface area contributed by atoms with Crippen LogP contribution < -0.4 is 5.32 Å². The fraction of sp³-hybridized carbons (Fsp3) is 0.167. The first-order valence-corrected chi connectivity index (χ1v) is 7.68. The average molecular weight is 343 g/mol. The summed E-state index contributed by atoms with van der Waals surface area (Å²) in [5, 5.41) is 2.75. The Bertz CT molecular complexity index is 866. The second-order valence-corrected chi connectivity index (χ2v) is 5.34. The number of oxazole rings is 1. The highest BCUT2D eigenvalue weighted by molar-refractivity contribution is 5.76. The summed E-state index contributed by atoms with van der Waals surface area (Å²) in [5.41, 5.74) is 0.890. The van der Waals surface area contributed by atoms with Crippen molar-refractivity contribution in [2.24, 2.45) is 0 Å². The first-order chi connectivity index (χ1) is 12.1. The van der Waals surface area contributed by atoms with E-state index in [9.17, 15) is 13.6 Å². The first kappa shape index (κ1) is 16.8. The molecule has 0 saturated carbocycles. The van der Waals surface area contributed by atoms with Gasteiger partial charge in [-0.3, -0.25) is 9.78 Å². The maximum Gasteiger partial charge on any atom is 0.220 e. The molecule has 5 nitrogen and oxygen atoms in total. The van der Waals surface area contributed by atoms with Crippen molar-refractivity contribution in [3.63, 3.8) is 0 Å². The summed E-state index contributed by atoms with van der Waals surface area (Å²) in [7, 11) is 0. The van der Waals surface area contributed by atoms with Gasteiger partial charge in [0.25, 0.3) is 0 Å². The maximum absolute atomic E-state index is 13.7. The minimum Gasteiger partial charge on any atom is -0.441 e. The van der Waals surface area contributed by atoms with Crippen LogP contribution in [0, 0.1) is 11.6 Å². The van der Waals surface area contributed by atoms with Crippen LogP contribution in [0.5, 0.6) is 0 Å². The molecule has 3 aromatic rings. The van der Waals surface area contributed by atoms with Gasteiger partial charge in [0, 0.05) is 25.1 Å². The van der Waals surface area contributed by atoms with E-state index in [4.69, 9.17) is 4.42 Å². The molecule has 0 atom stereocenters. The summed E-state index contributed by atoms with van der Waals surface area (Å²) < 4.78 is 32.1. The number of carbonyl (C=O) groups excluding carboxylic acids is 1. The molecule has 3 rings (SSSR count). The molecular formula is C18H15F2N3O2. The Kier molecular flexibility index (Phi) is 5.13. The zero-order valence-electron chi connectivity index (χ0n) is 13.2. The summed E-state index contributed by atoms with van der Waals surface area (Å²) >= 11 is 0. The van der Waals surface area contributed by atoms with Gasteiger partial charge in [0.15, 0.2) is 11.7 Å². The van der Waals surface area contributed by atoms with E-state index >= 15 is 0 Å². The normalized spacial score (nSPS) is 10.6. The molecule has 1 N–H and O–H groups in total. The lowest BCUT2D eigenvalue weighted by atomic mass is 10.2. The Balaban J connectivity index is 1.54. The molecule has 0 aliphatic rings. The minimum absolute atomic E-state index is 0.125. The average Bonchev–Trinajstić information content (AvgIpc) is 3.08. The highest BCUT2D eigenvalue weighted by Gasteiger charge is 2.13. The molecule has 2 aromatic heterocycles. The van der Waals surface area contributed by atoms with Gasteiger partial charge in [0.05, 0.1) is 24.0 Å². The van der Waals surface area contributed by atoms with Gasteiger partial charge in [-0.2, -0.15) is 0 Å². The lowest BCUT2D eigenvalue weighted by molar-refractivity contribution is -0.121. The van der Waals surface area contributed by atoms with Crippen molar-refractivity contribution in [3.8, 4) is 11.3 Å². The number of aromatic nitrogens is 2. The fourth-order valence-corrected chi connectivity index (χ4v) is 2.24. The third-order valence-corrected chi connectivity index (χ3v) is 3.51. The quantitative estimate of drug-likeness (QED) is 0.746. The number of nitrogens with zero attached hydrogens (tertiary/aromatic N) is 2. The van der Waals surface area contributed by atoms with Gasteiger partial charge < -0.3 is 9.73 Å². The van der Waals surface area contributed by atoms with Crippen molar-refractivity contribution >= 4 is 5.91 Å². The zero-order chi connectivity index (χ0) is 17.6. The molecule has 25 heavy (non-hydrogen) atoms. The van der Waals surface area contributed by atoms with Crippen LogP contribution in [0.4, 0.5) is 8.78 Å². The molecule has 0 aliphatic carbocycles. The second kappa shape index (κ2) is 7.65. The van der Waals surface area contributed by atoms with E-state index < -0.39 is 11.6 Å². The van der Waals surface area contributed by atoms with E-state index in [-0.39, 0.29) is 30.1 Å². The van der Waals surface area contributed by atoms with Crippen LogP contribution in [0.25, 0.3) is 11.3 Å². The molecule has 128 valence electrons. The summed E-state index contributed by atoms with van der Waals surface area (Å²) in [4.78, 5) is 20.0. The number of pyridine rings is 1. The molecule has 0 fully saturated rings. The molecule has 1 aromatic carbocycles. The Hall–Kier alpha value is -3.09. The highest BCUT2D eigenvalue weighted by atomic mass is 19.1. The fourth-order valence-electron chi connectivity index (χ4n) is 2.24. The van der Waals surface area contributed by atoms with Crippen molar-refractivity contribution in [2.45, 2.75) is 19.4 Å². The van der Waals surface area contributed by atoms with Crippen LogP contribution in [0.1, 0.15) is 18.0 Å². The number of hydrogen-bond acceptors (Lipinski definition) is 4. The number of amides is 1. The van der Waals surface area contributed by atoms with Crippen LogP contribution in [-0.2, 0) is 17.8 Å². The summed E-state index contributed by atoms with van der Waals surface area (Å²) in [6.45, 7) is 0.345. The smallest absolute Gasteiger partial charge is 0.220 e. The van der Waals surface area contributed by atoms with Gasteiger partial charge in [0.1, 0.15) is 11.6 Å². The highest BCUT2D eigenvalue weighted by Crippen LogP contribution is 2.24. The predicted octanol–water partition coefficient (Wildman–Crippen LogP) is 3.26. The van der Waals surface area contributed by atoms with Gasteiger partial charge in [0.2, 0.25) is 5.91 Å². The molecular weight excluding hydrogens is 328 g/mol. The monoisotopic (exact) mass is 343 g/mol. The molecule has 7 heteroatoms. The first-order valence-electron chi connectivity index (χ1n) is 7.68. The zero-order valence-corrected chi connectivity index (χ0v) is 13.2. The minimum atomic E-state index is -0.726. The van der Waals surface area contributed by atoms with Crippen LogP contribution in [0.3, 0.4) is 0 Å². The molecule has 0 spiro atoms. The van der Waals surface area contributed by atoms with Gasteiger partial charge in [-0.25, -0.2) is 13.8 Å². The van der Waals surface area contributed by atoms with E-state index in [0.717, 1.165) is 17.8 Å². The van der Waals surface area contributed by atoms with E-state index in [0.29, 0.717) is 12.4 Å². The van der Waals surface area contributed by atoms with Gasteiger partial charge in [-0.05, 0) is 24.3 Å². The van der Waals surface area contributed by atoms with Crippen LogP contribution in [0.15, 0.2) is 53.2 Å². The van der Waals surface area contributed by atoms with Gasteiger partial charge in [-0.1, -0.05) is 6.07 Å². The van der Waals surface area contributed by atoms with Crippen LogP contribution in [-0.4, -0.2) is 15.9 Å². The Morgan fingerprint density at radius 2 is 2.04 bits per heavy atom. The molecule has 0 bridgehead atoms. The van der Waals surface area contributed by atoms with Gasteiger partial charge >= 0.3 is 0 Å². The van der Waals surface area contributed by atoms with Crippen molar-refractivity contribution in [1.82, 2.24) is 15.3 Å². The Morgan fingerprint density at radius 3 is 2.80 bits per heavy atom. The number of rotatable bonds is 6. The van der Waals surface area contributed by atoms with Crippen LogP contribution in [0.2, 0.25) is 0 Å². The van der Waals surface area contributed by atoms with Gasteiger partial charge in [-0.15, -0.1) is 0 Å². The van der Waals surface area contributed by atoms with E-state index in [1.807, 2.05) is 12.1 Å². The lowest BCUT2D eigenvalue weighted by Crippen LogP contribution is -2.23. The Labute approximate surface area is 142 Å². The Morgan fingerprint density at radius 1 is 1.16 bits per heavy atom. The summed E-state index contributed by atoms with van der Waals surface area (Å²) in [6, 6.07) is 8.67. The third-order valence-electron chi connectivity index (χ3n) is 3.51. The molecule has 0 aliphatic heterocycles. The van der Waals surface area contributed by atoms with E-state index in [1.54, 1.807) is 12.3 Å². The molecule has 1 amide bonds. The molecule has 2 heterocycles. The number of hydrogen-bond donors (Lipinski definition) is 1. The third kappa shape index (κ3) is 4.47. The molecule has 0 radical (unpaired) electrons. The largest absolute Gasteiger partial charge is 0.441 e. The van der Waals surface area contributed by atoms with Crippen molar-refractivity contribution in [1.29, 1.82) is 0 Å². The summed E-state index contributed by atoms with van der Waals surface area (Å²) in [5.74, 6) is -1.05. The number of aryl methyl sites for hydroxylation is 1. The van der Waals surface area contributed by atoms with E-state index in [1.165, 1.54) is 12.3 Å². The van der Waals surface area contributed by atoms with Crippen LogP contribution >= 0.6 is 0 Å². The SMILES string of the molecule is O=C(CCc1ncc(-c2ccc(F)cc2F)o1)NCc1ccccn1. The second-order valence-electron chi connectivity index (χ2n) is 5.34. The molecule has 0 unspecified atom stereocenters. The van der Waals surface area contributed by atoms with Crippen molar-refractivity contribution in [3.05, 3.63) is 72.0 Å². The number of nitrogens with one attached hydrogen (secondary N) is 1. The standard InChI is InChI=1S/C18H15F2N3O2/c19-12-4-5-14(15(20)9-12)16-11-23-18(25-16)7-6-17(24)22-10-13-3-1-2-8-21-13/h1-5,8-9,11H,6-7,10H2,(H,22,24). The molecule has 0 saturated heterocycles. The topological polar surface area (TPSA) is 68.0 Å².